The lowest BCUT2D eigenvalue weighted by Crippen LogP contribution is -2.31. The Labute approximate surface area is 115 Å². The van der Waals surface area contributed by atoms with Crippen LogP contribution in [0.5, 0.6) is 0 Å². The summed E-state index contributed by atoms with van der Waals surface area (Å²) in [7, 11) is 2.10. The van der Waals surface area contributed by atoms with Crippen LogP contribution in [-0.4, -0.2) is 25.0 Å². The predicted octanol–water partition coefficient (Wildman–Crippen LogP) is 2.84. The van der Waals surface area contributed by atoms with Gasteiger partial charge in [-0.25, -0.2) is 0 Å². The lowest BCUT2D eigenvalue weighted by atomic mass is 10.1. The third kappa shape index (κ3) is 3.94. The molecular weight excluding hydrogens is 236 g/mol. The molecule has 0 radical (unpaired) electrons. The van der Waals surface area contributed by atoms with Crippen LogP contribution in [0.25, 0.3) is 0 Å². The summed E-state index contributed by atoms with van der Waals surface area (Å²) in [5, 5.41) is 0. The van der Waals surface area contributed by atoms with E-state index in [2.05, 4.69) is 42.3 Å². The molecule has 19 heavy (non-hydrogen) atoms. The first-order chi connectivity index (χ1) is 9.31. The second kappa shape index (κ2) is 7.12. The molecule has 2 N–H and O–H groups in total. The Morgan fingerprint density at radius 2 is 1.95 bits per heavy atom. The van der Waals surface area contributed by atoms with Gasteiger partial charge in [-0.2, -0.15) is 0 Å². The molecule has 3 heteroatoms. The van der Waals surface area contributed by atoms with Crippen molar-refractivity contribution in [2.75, 3.05) is 20.1 Å². The Morgan fingerprint density at radius 3 is 2.58 bits per heavy atom. The van der Waals surface area contributed by atoms with Crippen molar-refractivity contribution in [1.29, 1.82) is 0 Å². The monoisotopic (exact) mass is 258 g/mol. The highest BCUT2D eigenvalue weighted by atomic mass is 16.3. The minimum atomic E-state index is 0.172. The van der Waals surface area contributed by atoms with Crippen LogP contribution >= 0.6 is 0 Å². The number of hydrogen-bond acceptors (Lipinski definition) is 3. The zero-order valence-electron chi connectivity index (χ0n) is 11.5. The SMILES string of the molecule is CN(CCCc1ccccc1)C(CN)c1ccco1. The molecule has 1 aromatic carbocycles. The maximum atomic E-state index is 5.85. The number of furan rings is 1. The molecule has 102 valence electrons. The van der Waals surface area contributed by atoms with Gasteiger partial charge in [-0.05, 0) is 44.1 Å². The van der Waals surface area contributed by atoms with Crippen molar-refractivity contribution in [3.63, 3.8) is 0 Å². The first-order valence-corrected chi connectivity index (χ1v) is 6.79. The molecule has 1 aromatic heterocycles. The number of hydrogen-bond donors (Lipinski definition) is 1. The molecule has 0 aliphatic rings. The number of aryl methyl sites for hydroxylation is 1. The largest absolute Gasteiger partial charge is 0.468 e. The van der Waals surface area contributed by atoms with Crippen molar-refractivity contribution < 1.29 is 4.42 Å². The smallest absolute Gasteiger partial charge is 0.122 e. The van der Waals surface area contributed by atoms with Gasteiger partial charge in [-0.1, -0.05) is 30.3 Å². The van der Waals surface area contributed by atoms with Crippen LogP contribution in [-0.2, 0) is 6.42 Å². The normalized spacial score (nSPS) is 12.8. The van der Waals surface area contributed by atoms with Crippen LogP contribution in [0.3, 0.4) is 0 Å². The molecule has 3 nitrogen and oxygen atoms in total. The van der Waals surface area contributed by atoms with Crippen molar-refractivity contribution in [2.45, 2.75) is 18.9 Å². The summed E-state index contributed by atoms with van der Waals surface area (Å²) in [6.07, 6.45) is 3.92. The molecule has 1 atom stereocenters. The molecule has 0 aliphatic carbocycles. The number of benzene rings is 1. The topological polar surface area (TPSA) is 42.4 Å². The summed E-state index contributed by atoms with van der Waals surface area (Å²) >= 11 is 0. The average Bonchev–Trinajstić information content (AvgIpc) is 2.95. The Kier molecular flexibility index (Phi) is 5.19. The Bertz CT molecular complexity index is 453. The summed E-state index contributed by atoms with van der Waals surface area (Å²) in [6.45, 7) is 1.59. The van der Waals surface area contributed by atoms with Crippen LogP contribution < -0.4 is 5.73 Å². The van der Waals surface area contributed by atoms with Gasteiger partial charge in [0.2, 0.25) is 0 Å². The summed E-state index contributed by atoms with van der Waals surface area (Å²) in [5.41, 5.74) is 7.23. The Balaban J connectivity index is 1.82. The zero-order chi connectivity index (χ0) is 13.5. The van der Waals surface area contributed by atoms with Crippen LogP contribution in [0.1, 0.15) is 23.8 Å². The number of nitrogens with zero attached hydrogens (tertiary/aromatic N) is 1. The van der Waals surface area contributed by atoms with Gasteiger partial charge >= 0.3 is 0 Å². The van der Waals surface area contributed by atoms with Gasteiger partial charge in [0.05, 0.1) is 12.3 Å². The fourth-order valence-electron chi connectivity index (χ4n) is 2.33. The number of likely N-dealkylation sites (N-methyl/N-ethyl adjacent to an activating group) is 1. The molecule has 0 aliphatic heterocycles. The van der Waals surface area contributed by atoms with E-state index in [-0.39, 0.29) is 6.04 Å². The maximum Gasteiger partial charge on any atom is 0.122 e. The molecule has 2 aromatic rings. The molecule has 0 amide bonds. The molecule has 1 unspecified atom stereocenters. The molecule has 0 fully saturated rings. The van der Waals surface area contributed by atoms with E-state index < -0.39 is 0 Å². The second-order valence-corrected chi connectivity index (χ2v) is 4.84. The fourth-order valence-corrected chi connectivity index (χ4v) is 2.33. The molecule has 0 saturated heterocycles. The van der Waals surface area contributed by atoms with E-state index in [0.29, 0.717) is 6.54 Å². The lowest BCUT2D eigenvalue weighted by Gasteiger charge is -2.25. The standard InChI is InChI=1S/C16H22N2O/c1-18(15(13-17)16-10-6-12-19-16)11-5-9-14-7-3-2-4-8-14/h2-4,6-8,10,12,15H,5,9,11,13,17H2,1H3. The number of nitrogens with two attached hydrogens (primary N) is 1. The third-order valence-electron chi connectivity index (χ3n) is 3.45. The molecule has 0 bridgehead atoms. The van der Waals surface area contributed by atoms with Gasteiger partial charge in [0.25, 0.3) is 0 Å². The first-order valence-electron chi connectivity index (χ1n) is 6.79. The van der Waals surface area contributed by atoms with E-state index in [1.165, 1.54) is 5.56 Å². The van der Waals surface area contributed by atoms with E-state index in [4.69, 9.17) is 10.2 Å². The fraction of sp³-hybridized carbons (Fsp3) is 0.375. The molecule has 0 spiro atoms. The minimum absolute atomic E-state index is 0.172. The van der Waals surface area contributed by atoms with E-state index in [1.54, 1.807) is 6.26 Å². The highest BCUT2D eigenvalue weighted by Gasteiger charge is 2.17. The van der Waals surface area contributed by atoms with Crippen LogP contribution in [0, 0.1) is 0 Å². The van der Waals surface area contributed by atoms with Crippen molar-refractivity contribution >= 4 is 0 Å². The minimum Gasteiger partial charge on any atom is -0.468 e. The Hall–Kier alpha value is -1.58. The summed E-state index contributed by atoms with van der Waals surface area (Å²) in [6, 6.07) is 14.7. The highest BCUT2D eigenvalue weighted by molar-refractivity contribution is 5.14. The van der Waals surface area contributed by atoms with Crippen LogP contribution in [0.15, 0.2) is 53.1 Å². The van der Waals surface area contributed by atoms with Crippen molar-refractivity contribution in [1.82, 2.24) is 4.90 Å². The van der Waals surface area contributed by atoms with Gasteiger partial charge in [-0.15, -0.1) is 0 Å². The number of rotatable bonds is 7. The van der Waals surface area contributed by atoms with E-state index in [0.717, 1.165) is 25.1 Å². The van der Waals surface area contributed by atoms with Gasteiger partial charge in [0.15, 0.2) is 0 Å². The first kappa shape index (κ1) is 13.8. The van der Waals surface area contributed by atoms with Crippen LogP contribution in [0.4, 0.5) is 0 Å². The van der Waals surface area contributed by atoms with E-state index in [1.807, 2.05) is 12.1 Å². The van der Waals surface area contributed by atoms with Gasteiger partial charge < -0.3 is 10.2 Å². The summed E-state index contributed by atoms with van der Waals surface area (Å²) < 4.78 is 5.45. The summed E-state index contributed by atoms with van der Waals surface area (Å²) in [4.78, 5) is 2.27. The zero-order valence-corrected chi connectivity index (χ0v) is 11.5. The predicted molar refractivity (Wildman–Crippen MR) is 77.9 cm³/mol. The van der Waals surface area contributed by atoms with E-state index >= 15 is 0 Å². The maximum absolute atomic E-state index is 5.85. The third-order valence-corrected chi connectivity index (χ3v) is 3.45. The lowest BCUT2D eigenvalue weighted by molar-refractivity contribution is 0.218. The molecule has 2 rings (SSSR count). The van der Waals surface area contributed by atoms with Gasteiger partial charge in [0.1, 0.15) is 5.76 Å². The van der Waals surface area contributed by atoms with Crippen LogP contribution in [0.2, 0.25) is 0 Å². The van der Waals surface area contributed by atoms with Crippen molar-refractivity contribution in [3.05, 3.63) is 60.1 Å². The van der Waals surface area contributed by atoms with E-state index in [9.17, 15) is 0 Å². The summed E-state index contributed by atoms with van der Waals surface area (Å²) in [5.74, 6) is 0.949. The van der Waals surface area contributed by atoms with Gasteiger partial charge in [0, 0.05) is 6.54 Å². The highest BCUT2D eigenvalue weighted by Crippen LogP contribution is 2.19. The Morgan fingerprint density at radius 1 is 1.16 bits per heavy atom. The van der Waals surface area contributed by atoms with Crippen molar-refractivity contribution in [2.24, 2.45) is 5.73 Å². The van der Waals surface area contributed by atoms with Crippen molar-refractivity contribution in [3.8, 4) is 0 Å². The molecule has 1 heterocycles. The van der Waals surface area contributed by atoms with Gasteiger partial charge in [-0.3, -0.25) is 4.90 Å². The average molecular weight is 258 g/mol. The molecular formula is C16H22N2O. The molecule has 0 saturated carbocycles. The second-order valence-electron chi connectivity index (χ2n) is 4.84. The quantitative estimate of drug-likeness (QED) is 0.830.